The minimum absolute atomic E-state index is 0.0118. The number of carbonyl (C=O) groups is 3. The summed E-state index contributed by atoms with van der Waals surface area (Å²) < 4.78 is 0. The van der Waals surface area contributed by atoms with Gasteiger partial charge in [0, 0.05) is 52.7 Å². The number of piperazine rings is 1. The molecule has 3 amide bonds. The average molecular weight is 386 g/mol. The van der Waals surface area contributed by atoms with Crippen LogP contribution in [0.25, 0.3) is 0 Å². The third kappa shape index (κ3) is 4.90. The second-order valence-corrected chi connectivity index (χ2v) is 7.65. The van der Waals surface area contributed by atoms with E-state index in [1.54, 1.807) is 16.7 Å². The van der Waals surface area contributed by atoms with E-state index >= 15 is 0 Å². The van der Waals surface area contributed by atoms with Crippen molar-refractivity contribution >= 4 is 17.7 Å². The molecule has 2 fully saturated rings. The Labute approximate surface area is 166 Å². The highest BCUT2D eigenvalue weighted by atomic mass is 16.2. The van der Waals surface area contributed by atoms with Gasteiger partial charge in [-0.3, -0.25) is 19.3 Å². The maximum Gasteiger partial charge on any atom is 0.237 e. The van der Waals surface area contributed by atoms with Crippen molar-refractivity contribution in [2.45, 2.75) is 39.3 Å². The first-order valence-electron chi connectivity index (χ1n) is 10.1. The number of rotatable bonds is 4. The highest BCUT2D eigenvalue weighted by molar-refractivity contribution is 5.89. The van der Waals surface area contributed by atoms with E-state index in [0.29, 0.717) is 39.3 Å². The van der Waals surface area contributed by atoms with Crippen molar-refractivity contribution in [3.63, 3.8) is 0 Å². The fourth-order valence-electron chi connectivity index (χ4n) is 3.96. The first-order chi connectivity index (χ1) is 13.5. The molecule has 1 aromatic rings. The van der Waals surface area contributed by atoms with Gasteiger partial charge in [-0.05, 0) is 24.5 Å². The molecule has 152 valence electrons. The lowest BCUT2D eigenvalue weighted by atomic mass is 10.0. The number of nitrogens with zero attached hydrogens (tertiary/aromatic N) is 3. The van der Waals surface area contributed by atoms with Crippen LogP contribution < -0.4 is 5.32 Å². The fourth-order valence-corrected chi connectivity index (χ4v) is 3.96. The van der Waals surface area contributed by atoms with E-state index in [-0.39, 0.29) is 24.1 Å². The molecule has 2 saturated heterocycles. The average Bonchev–Trinajstić information content (AvgIpc) is 2.92. The molecule has 0 radical (unpaired) electrons. The maximum absolute atomic E-state index is 12.9. The predicted octanol–water partition coefficient (Wildman–Crippen LogP) is 0.766. The Hall–Kier alpha value is -2.41. The molecule has 0 spiro atoms. The van der Waals surface area contributed by atoms with Gasteiger partial charge in [0.05, 0.1) is 12.5 Å². The summed E-state index contributed by atoms with van der Waals surface area (Å²) in [5.74, 6) is -0.0408. The van der Waals surface area contributed by atoms with Gasteiger partial charge in [0.1, 0.15) is 0 Å². The SMILES string of the molecule is CC(=O)N1CCCN(C(=O)C[C@H]2C(=O)NCCN2Cc2ccccc2C)CC1. The van der Waals surface area contributed by atoms with Crippen molar-refractivity contribution in [2.75, 3.05) is 39.3 Å². The van der Waals surface area contributed by atoms with E-state index in [1.165, 1.54) is 11.1 Å². The lowest BCUT2D eigenvalue weighted by molar-refractivity contribution is -0.139. The van der Waals surface area contributed by atoms with Gasteiger partial charge in [0.2, 0.25) is 17.7 Å². The fraction of sp³-hybridized carbons (Fsp3) is 0.571. The zero-order valence-electron chi connectivity index (χ0n) is 16.8. The monoisotopic (exact) mass is 386 g/mol. The van der Waals surface area contributed by atoms with Gasteiger partial charge in [0.15, 0.2) is 0 Å². The second-order valence-electron chi connectivity index (χ2n) is 7.65. The molecule has 2 aliphatic heterocycles. The number of hydrogen-bond acceptors (Lipinski definition) is 4. The van der Waals surface area contributed by atoms with Gasteiger partial charge in [0.25, 0.3) is 0 Å². The van der Waals surface area contributed by atoms with Gasteiger partial charge >= 0.3 is 0 Å². The van der Waals surface area contributed by atoms with E-state index in [2.05, 4.69) is 29.3 Å². The molecular weight excluding hydrogens is 356 g/mol. The summed E-state index contributed by atoms with van der Waals surface area (Å²) in [5, 5.41) is 2.90. The molecule has 0 saturated carbocycles. The second kappa shape index (κ2) is 9.19. The van der Waals surface area contributed by atoms with E-state index < -0.39 is 6.04 Å². The van der Waals surface area contributed by atoms with Crippen molar-refractivity contribution in [1.82, 2.24) is 20.0 Å². The van der Waals surface area contributed by atoms with Crippen LogP contribution in [0, 0.1) is 6.92 Å². The summed E-state index contributed by atoms with van der Waals surface area (Å²) in [5.41, 5.74) is 2.37. The van der Waals surface area contributed by atoms with Crippen LogP contribution in [0.2, 0.25) is 0 Å². The summed E-state index contributed by atoms with van der Waals surface area (Å²) >= 11 is 0. The maximum atomic E-state index is 12.9. The van der Waals surface area contributed by atoms with Crippen molar-refractivity contribution in [3.05, 3.63) is 35.4 Å². The molecule has 3 rings (SSSR count). The van der Waals surface area contributed by atoms with Crippen LogP contribution in [0.5, 0.6) is 0 Å². The summed E-state index contributed by atoms with van der Waals surface area (Å²) in [4.78, 5) is 42.7. The van der Waals surface area contributed by atoms with Crippen LogP contribution in [0.3, 0.4) is 0 Å². The zero-order chi connectivity index (χ0) is 20.1. The van der Waals surface area contributed by atoms with Gasteiger partial charge in [-0.25, -0.2) is 0 Å². The molecule has 2 heterocycles. The summed E-state index contributed by atoms with van der Waals surface area (Å²) in [7, 11) is 0. The Kier molecular flexibility index (Phi) is 6.67. The normalized spacial score (nSPS) is 21.2. The van der Waals surface area contributed by atoms with Crippen LogP contribution in [-0.4, -0.2) is 77.7 Å². The quantitative estimate of drug-likeness (QED) is 0.830. The molecule has 7 heteroatoms. The van der Waals surface area contributed by atoms with Gasteiger partial charge in [-0.2, -0.15) is 0 Å². The lowest BCUT2D eigenvalue weighted by Gasteiger charge is -2.36. The number of aryl methyl sites for hydroxylation is 1. The standard InChI is InChI=1S/C21H30N4O3/c1-16-6-3-4-7-18(16)15-25-11-8-22-21(28)19(25)14-20(27)24-10-5-9-23(12-13-24)17(2)26/h3-4,6-7,19H,5,8-15H2,1-2H3,(H,22,28)/t19-/m0/s1. The Morgan fingerprint density at radius 2 is 1.79 bits per heavy atom. The van der Waals surface area contributed by atoms with Crippen LogP contribution in [-0.2, 0) is 20.9 Å². The third-order valence-corrected chi connectivity index (χ3v) is 5.74. The first kappa shape index (κ1) is 20.3. The number of nitrogens with one attached hydrogen (secondary N) is 1. The van der Waals surface area contributed by atoms with Crippen molar-refractivity contribution in [1.29, 1.82) is 0 Å². The molecule has 0 bridgehead atoms. The van der Waals surface area contributed by atoms with Crippen LogP contribution in [0.4, 0.5) is 0 Å². The Balaban J connectivity index is 1.65. The lowest BCUT2D eigenvalue weighted by Crippen LogP contribution is -2.56. The highest BCUT2D eigenvalue weighted by Crippen LogP contribution is 2.18. The first-order valence-corrected chi connectivity index (χ1v) is 10.1. The molecule has 1 N–H and O–H groups in total. The minimum Gasteiger partial charge on any atom is -0.353 e. The van der Waals surface area contributed by atoms with E-state index in [0.717, 1.165) is 13.0 Å². The van der Waals surface area contributed by atoms with Gasteiger partial charge in [-0.1, -0.05) is 24.3 Å². The van der Waals surface area contributed by atoms with Crippen molar-refractivity contribution in [2.24, 2.45) is 0 Å². The molecule has 1 aromatic carbocycles. The van der Waals surface area contributed by atoms with Crippen molar-refractivity contribution in [3.8, 4) is 0 Å². The Morgan fingerprint density at radius 3 is 2.54 bits per heavy atom. The highest BCUT2D eigenvalue weighted by Gasteiger charge is 2.33. The minimum atomic E-state index is -0.451. The van der Waals surface area contributed by atoms with E-state index in [9.17, 15) is 14.4 Å². The summed E-state index contributed by atoms with van der Waals surface area (Å²) in [6, 6.07) is 7.70. The van der Waals surface area contributed by atoms with Gasteiger partial charge in [-0.15, -0.1) is 0 Å². The molecule has 28 heavy (non-hydrogen) atoms. The predicted molar refractivity (Wildman–Crippen MR) is 106 cm³/mol. The van der Waals surface area contributed by atoms with E-state index in [1.807, 2.05) is 12.1 Å². The van der Waals surface area contributed by atoms with E-state index in [4.69, 9.17) is 0 Å². The molecule has 2 aliphatic rings. The molecule has 0 aliphatic carbocycles. The zero-order valence-corrected chi connectivity index (χ0v) is 16.8. The third-order valence-electron chi connectivity index (χ3n) is 5.74. The Bertz CT molecular complexity index is 736. The van der Waals surface area contributed by atoms with Crippen LogP contribution in [0.1, 0.15) is 30.9 Å². The van der Waals surface area contributed by atoms with Crippen LogP contribution in [0.15, 0.2) is 24.3 Å². The number of benzene rings is 1. The van der Waals surface area contributed by atoms with Crippen LogP contribution >= 0.6 is 0 Å². The molecule has 1 atom stereocenters. The topological polar surface area (TPSA) is 73.0 Å². The largest absolute Gasteiger partial charge is 0.353 e. The number of amides is 3. The Morgan fingerprint density at radius 1 is 1.07 bits per heavy atom. The summed E-state index contributed by atoms with van der Waals surface area (Å²) in [6.07, 6.45) is 0.951. The number of hydrogen-bond donors (Lipinski definition) is 1. The number of carbonyl (C=O) groups excluding carboxylic acids is 3. The molecular formula is C21H30N4O3. The molecule has 7 nitrogen and oxygen atoms in total. The van der Waals surface area contributed by atoms with Gasteiger partial charge < -0.3 is 15.1 Å². The smallest absolute Gasteiger partial charge is 0.237 e. The molecule has 0 aromatic heterocycles. The molecule has 0 unspecified atom stereocenters. The summed E-state index contributed by atoms with van der Waals surface area (Å²) in [6.45, 7) is 8.04. The van der Waals surface area contributed by atoms with Crippen molar-refractivity contribution < 1.29 is 14.4 Å².